The first-order chi connectivity index (χ1) is 9.05. The molecule has 0 N–H and O–H groups in total. The zero-order valence-electron chi connectivity index (χ0n) is 11.9. The Morgan fingerprint density at radius 3 is 2.63 bits per heavy atom. The van der Waals surface area contributed by atoms with Gasteiger partial charge in [-0.2, -0.15) is 0 Å². The highest BCUT2D eigenvalue weighted by Gasteiger charge is 2.40. The number of ketones is 1. The van der Waals surface area contributed by atoms with Gasteiger partial charge >= 0.3 is 0 Å². The van der Waals surface area contributed by atoms with E-state index >= 15 is 0 Å². The molecule has 104 valence electrons. The molecule has 0 aliphatic carbocycles. The van der Waals surface area contributed by atoms with Crippen molar-refractivity contribution in [1.82, 2.24) is 0 Å². The van der Waals surface area contributed by atoms with Gasteiger partial charge in [-0.15, -0.1) is 0 Å². The maximum atomic E-state index is 12.1. The van der Waals surface area contributed by atoms with E-state index in [9.17, 15) is 4.79 Å². The van der Waals surface area contributed by atoms with Crippen LogP contribution in [0.2, 0.25) is 0 Å². The van der Waals surface area contributed by atoms with Crippen molar-refractivity contribution in [2.45, 2.75) is 46.0 Å². The molecule has 0 radical (unpaired) electrons. The maximum absolute atomic E-state index is 12.1. The average molecular weight is 262 g/mol. The van der Waals surface area contributed by atoms with Gasteiger partial charge in [0.25, 0.3) is 0 Å². The summed E-state index contributed by atoms with van der Waals surface area (Å²) in [6.07, 6.45) is 0.869. The number of Topliss-reactive ketones (excluding diaryl/α,β-unsaturated/α-hetero) is 1. The summed E-state index contributed by atoms with van der Waals surface area (Å²) < 4.78 is 11.7. The second-order valence-corrected chi connectivity index (χ2v) is 5.53. The van der Waals surface area contributed by atoms with Crippen molar-refractivity contribution < 1.29 is 14.3 Å². The molecule has 1 aliphatic rings. The predicted octanol–water partition coefficient (Wildman–Crippen LogP) is 3.50. The van der Waals surface area contributed by atoms with E-state index in [4.69, 9.17) is 9.47 Å². The van der Waals surface area contributed by atoms with Crippen LogP contribution in [0.5, 0.6) is 0 Å². The third-order valence-corrected chi connectivity index (χ3v) is 3.85. The molecule has 1 unspecified atom stereocenters. The van der Waals surface area contributed by atoms with Crippen LogP contribution in [0, 0.1) is 5.41 Å². The summed E-state index contributed by atoms with van der Waals surface area (Å²) in [6.45, 7) is 6.47. The molecule has 3 nitrogen and oxygen atoms in total. The normalized spacial score (nSPS) is 24.2. The zero-order valence-corrected chi connectivity index (χ0v) is 11.9. The van der Waals surface area contributed by atoms with E-state index in [0.717, 1.165) is 12.0 Å². The first kappa shape index (κ1) is 14.2. The average Bonchev–Trinajstić information content (AvgIpc) is 2.47. The van der Waals surface area contributed by atoms with Gasteiger partial charge in [-0.3, -0.25) is 4.79 Å². The second kappa shape index (κ2) is 5.85. The quantitative estimate of drug-likeness (QED) is 0.833. The Morgan fingerprint density at radius 1 is 1.32 bits per heavy atom. The number of rotatable bonds is 4. The largest absolute Gasteiger partial charge is 0.348 e. The Hall–Kier alpha value is -1.19. The molecule has 1 aliphatic heterocycles. The van der Waals surface area contributed by atoms with Gasteiger partial charge in [0.2, 0.25) is 0 Å². The lowest BCUT2D eigenvalue weighted by Gasteiger charge is -2.39. The summed E-state index contributed by atoms with van der Waals surface area (Å²) in [6, 6.07) is 9.87. The molecular weight excluding hydrogens is 240 g/mol. The molecule has 2 rings (SSSR count). The van der Waals surface area contributed by atoms with E-state index in [2.05, 4.69) is 0 Å². The van der Waals surface area contributed by atoms with Crippen LogP contribution in [-0.2, 0) is 14.3 Å². The van der Waals surface area contributed by atoms with E-state index in [1.807, 2.05) is 51.1 Å². The first-order valence-electron chi connectivity index (χ1n) is 6.91. The summed E-state index contributed by atoms with van der Waals surface area (Å²) in [4.78, 5) is 12.1. The number of ether oxygens (including phenoxy) is 2. The Balaban J connectivity index is 2.11. The van der Waals surface area contributed by atoms with Gasteiger partial charge < -0.3 is 9.47 Å². The summed E-state index contributed by atoms with van der Waals surface area (Å²) in [5.74, 6) is 0.242. The third kappa shape index (κ3) is 3.04. The second-order valence-electron chi connectivity index (χ2n) is 5.53. The molecule has 2 atom stereocenters. The monoisotopic (exact) mass is 262 g/mol. The van der Waals surface area contributed by atoms with Gasteiger partial charge in [-0.1, -0.05) is 51.1 Å². The first-order valence-corrected chi connectivity index (χ1v) is 6.91. The van der Waals surface area contributed by atoms with E-state index in [1.165, 1.54) is 0 Å². The molecule has 0 amide bonds. The standard InChI is InChI=1S/C16H22O3/c1-4-13(17)16(2,3)14-10-11-18-15(19-14)12-8-6-5-7-9-12/h5-9,14-15H,4,10-11H2,1-3H3/t14-,15?/m0/s1. The molecule has 0 saturated carbocycles. The predicted molar refractivity (Wildman–Crippen MR) is 73.7 cm³/mol. The van der Waals surface area contributed by atoms with Crippen LogP contribution in [0.3, 0.4) is 0 Å². The molecule has 1 aromatic carbocycles. The highest BCUT2D eigenvalue weighted by Crippen LogP contribution is 2.36. The Bertz CT molecular complexity index is 425. The van der Waals surface area contributed by atoms with E-state index in [0.29, 0.717) is 13.0 Å². The van der Waals surface area contributed by atoms with Gasteiger partial charge in [0.1, 0.15) is 5.78 Å². The number of benzene rings is 1. The fraction of sp³-hybridized carbons (Fsp3) is 0.562. The summed E-state index contributed by atoms with van der Waals surface area (Å²) >= 11 is 0. The fourth-order valence-electron chi connectivity index (χ4n) is 2.49. The summed E-state index contributed by atoms with van der Waals surface area (Å²) in [5, 5.41) is 0. The van der Waals surface area contributed by atoms with Gasteiger partial charge in [-0.25, -0.2) is 0 Å². The Morgan fingerprint density at radius 2 is 2.00 bits per heavy atom. The molecule has 0 bridgehead atoms. The van der Waals surface area contributed by atoms with Gasteiger partial charge in [0.05, 0.1) is 12.7 Å². The topological polar surface area (TPSA) is 35.5 Å². The molecule has 3 heteroatoms. The lowest BCUT2D eigenvalue weighted by molar-refractivity contribution is -0.238. The van der Waals surface area contributed by atoms with Crippen LogP contribution in [0.1, 0.15) is 45.5 Å². The molecule has 1 aromatic rings. The maximum Gasteiger partial charge on any atom is 0.184 e. The molecule has 19 heavy (non-hydrogen) atoms. The van der Waals surface area contributed by atoms with Crippen molar-refractivity contribution >= 4 is 5.78 Å². The third-order valence-electron chi connectivity index (χ3n) is 3.85. The van der Waals surface area contributed by atoms with Crippen LogP contribution in [0.25, 0.3) is 0 Å². The highest BCUT2D eigenvalue weighted by molar-refractivity contribution is 5.84. The van der Waals surface area contributed by atoms with Crippen LogP contribution in [-0.4, -0.2) is 18.5 Å². The van der Waals surface area contributed by atoms with Crippen LogP contribution in [0.4, 0.5) is 0 Å². The minimum absolute atomic E-state index is 0.0843. The number of carbonyl (C=O) groups is 1. The molecular formula is C16H22O3. The van der Waals surface area contributed by atoms with E-state index in [1.54, 1.807) is 0 Å². The lowest BCUT2D eigenvalue weighted by Crippen LogP contribution is -2.43. The van der Waals surface area contributed by atoms with Crippen LogP contribution in [0.15, 0.2) is 30.3 Å². The van der Waals surface area contributed by atoms with Gasteiger partial charge in [-0.05, 0) is 6.42 Å². The van der Waals surface area contributed by atoms with Crippen molar-refractivity contribution in [2.75, 3.05) is 6.61 Å². The number of hydrogen-bond donors (Lipinski definition) is 0. The van der Waals surface area contributed by atoms with Crippen molar-refractivity contribution in [3.05, 3.63) is 35.9 Å². The van der Waals surface area contributed by atoms with Gasteiger partial charge in [0, 0.05) is 17.4 Å². The SMILES string of the molecule is CCC(=O)C(C)(C)[C@@H]1CCOC(c2ccccc2)O1. The molecule has 1 saturated heterocycles. The van der Waals surface area contributed by atoms with Crippen LogP contribution >= 0.6 is 0 Å². The fourth-order valence-corrected chi connectivity index (χ4v) is 2.49. The minimum Gasteiger partial charge on any atom is -0.348 e. The van der Waals surface area contributed by atoms with Crippen molar-refractivity contribution in [3.8, 4) is 0 Å². The van der Waals surface area contributed by atoms with Crippen LogP contribution < -0.4 is 0 Å². The van der Waals surface area contributed by atoms with E-state index < -0.39 is 5.41 Å². The van der Waals surface area contributed by atoms with Crippen molar-refractivity contribution in [2.24, 2.45) is 5.41 Å². The number of carbonyl (C=O) groups excluding carboxylic acids is 1. The molecule has 1 heterocycles. The smallest absolute Gasteiger partial charge is 0.184 e. The van der Waals surface area contributed by atoms with Gasteiger partial charge in [0.15, 0.2) is 6.29 Å². The molecule has 0 spiro atoms. The Labute approximate surface area is 114 Å². The van der Waals surface area contributed by atoms with E-state index in [-0.39, 0.29) is 18.2 Å². The zero-order chi connectivity index (χ0) is 13.9. The summed E-state index contributed by atoms with van der Waals surface area (Å²) in [5.41, 5.74) is 0.554. The van der Waals surface area contributed by atoms with Crippen molar-refractivity contribution in [1.29, 1.82) is 0 Å². The molecule has 0 aromatic heterocycles. The van der Waals surface area contributed by atoms with Crippen molar-refractivity contribution in [3.63, 3.8) is 0 Å². The summed E-state index contributed by atoms with van der Waals surface area (Å²) in [7, 11) is 0. The minimum atomic E-state index is -0.453. The Kier molecular flexibility index (Phi) is 4.38. The number of hydrogen-bond acceptors (Lipinski definition) is 3. The molecule has 1 fully saturated rings. The lowest BCUT2D eigenvalue weighted by atomic mass is 9.79. The highest BCUT2D eigenvalue weighted by atomic mass is 16.7.